The Hall–Kier alpha value is -1.38. The fourth-order valence-corrected chi connectivity index (χ4v) is 2.43. The first-order valence-corrected chi connectivity index (χ1v) is 5.07. The van der Waals surface area contributed by atoms with E-state index in [4.69, 9.17) is 0 Å². The molecular formula is C12H15NO2. The zero-order chi connectivity index (χ0) is 11.3. The molecule has 1 aliphatic carbocycles. The summed E-state index contributed by atoms with van der Waals surface area (Å²) < 4.78 is 0. The first kappa shape index (κ1) is 10.1. The SMILES string of the molecule is CN1CC2(C=CC(=O)C=C2)C(C)(C)C1=O. The third kappa shape index (κ3) is 1.19. The average molecular weight is 205 g/mol. The van der Waals surface area contributed by atoms with Gasteiger partial charge in [0.25, 0.3) is 0 Å². The minimum Gasteiger partial charge on any atom is -0.344 e. The van der Waals surface area contributed by atoms with Crippen LogP contribution < -0.4 is 0 Å². The molecule has 1 heterocycles. The van der Waals surface area contributed by atoms with Gasteiger partial charge in [-0.05, 0) is 26.0 Å². The summed E-state index contributed by atoms with van der Waals surface area (Å²) in [5.41, 5.74) is -0.776. The number of ketones is 1. The molecular weight excluding hydrogens is 190 g/mol. The molecule has 15 heavy (non-hydrogen) atoms. The maximum atomic E-state index is 12.0. The highest BCUT2D eigenvalue weighted by molar-refractivity contribution is 6.01. The van der Waals surface area contributed by atoms with Crippen LogP contribution in [0.15, 0.2) is 24.3 Å². The monoisotopic (exact) mass is 205 g/mol. The van der Waals surface area contributed by atoms with Crippen LogP contribution in [0.2, 0.25) is 0 Å². The zero-order valence-corrected chi connectivity index (χ0v) is 9.28. The van der Waals surface area contributed by atoms with Crippen LogP contribution in [-0.4, -0.2) is 30.2 Å². The highest BCUT2D eigenvalue weighted by Gasteiger charge is 2.54. The second-order valence-corrected chi connectivity index (χ2v) is 4.90. The van der Waals surface area contributed by atoms with E-state index < -0.39 is 5.41 Å². The highest BCUT2D eigenvalue weighted by Crippen LogP contribution is 2.49. The van der Waals surface area contributed by atoms with Crippen molar-refractivity contribution in [3.8, 4) is 0 Å². The average Bonchev–Trinajstić information content (AvgIpc) is 2.34. The van der Waals surface area contributed by atoms with Crippen molar-refractivity contribution in [2.24, 2.45) is 10.8 Å². The third-order valence-corrected chi connectivity index (χ3v) is 3.63. The van der Waals surface area contributed by atoms with Crippen molar-refractivity contribution in [2.75, 3.05) is 13.6 Å². The summed E-state index contributed by atoms with van der Waals surface area (Å²) in [7, 11) is 1.80. The van der Waals surface area contributed by atoms with Crippen molar-refractivity contribution in [1.82, 2.24) is 4.90 Å². The Morgan fingerprint density at radius 2 is 1.73 bits per heavy atom. The molecule has 0 bridgehead atoms. The lowest BCUT2D eigenvalue weighted by Gasteiger charge is -2.34. The van der Waals surface area contributed by atoms with Gasteiger partial charge < -0.3 is 4.90 Å². The van der Waals surface area contributed by atoms with Crippen LogP contribution in [0.5, 0.6) is 0 Å². The number of hydrogen-bond acceptors (Lipinski definition) is 2. The lowest BCUT2D eigenvalue weighted by atomic mass is 9.66. The number of allylic oxidation sites excluding steroid dienone is 2. The lowest BCUT2D eigenvalue weighted by Crippen LogP contribution is -2.36. The molecule has 3 heteroatoms. The van der Waals surface area contributed by atoms with Gasteiger partial charge in [-0.3, -0.25) is 9.59 Å². The maximum absolute atomic E-state index is 12.0. The quantitative estimate of drug-likeness (QED) is 0.595. The van der Waals surface area contributed by atoms with E-state index in [2.05, 4.69) is 0 Å². The molecule has 0 aromatic heterocycles. The second kappa shape index (κ2) is 2.81. The highest BCUT2D eigenvalue weighted by atomic mass is 16.2. The Kier molecular flexibility index (Phi) is 1.90. The summed E-state index contributed by atoms with van der Waals surface area (Å²) in [5, 5.41) is 0. The summed E-state index contributed by atoms with van der Waals surface area (Å²) in [4.78, 5) is 24.8. The number of carbonyl (C=O) groups excluding carboxylic acids is 2. The Morgan fingerprint density at radius 1 is 1.20 bits per heavy atom. The Morgan fingerprint density at radius 3 is 2.13 bits per heavy atom. The number of nitrogens with zero attached hydrogens (tertiary/aromatic N) is 1. The Bertz CT molecular complexity index is 374. The van der Waals surface area contributed by atoms with E-state index in [1.54, 1.807) is 24.1 Å². The van der Waals surface area contributed by atoms with E-state index in [9.17, 15) is 9.59 Å². The summed E-state index contributed by atoms with van der Waals surface area (Å²) in [6.07, 6.45) is 6.87. The van der Waals surface area contributed by atoms with Gasteiger partial charge in [0, 0.05) is 19.0 Å². The van der Waals surface area contributed by atoms with Crippen molar-refractivity contribution >= 4 is 11.7 Å². The molecule has 0 atom stereocenters. The van der Waals surface area contributed by atoms with Crippen LogP contribution in [-0.2, 0) is 9.59 Å². The van der Waals surface area contributed by atoms with E-state index in [1.807, 2.05) is 26.0 Å². The molecule has 0 aromatic carbocycles. The van der Waals surface area contributed by atoms with Crippen LogP contribution >= 0.6 is 0 Å². The molecule has 1 spiro atoms. The van der Waals surface area contributed by atoms with Crippen LogP contribution in [0.25, 0.3) is 0 Å². The molecule has 1 saturated heterocycles. The summed E-state index contributed by atoms with van der Waals surface area (Å²) in [5.74, 6) is 0.129. The van der Waals surface area contributed by atoms with E-state index in [0.29, 0.717) is 6.54 Å². The molecule has 1 fully saturated rings. The van der Waals surface area contributed by atoms with E-state index in [1.165, 1.54) is 0 Å². The third-order valence-electron chi connectivity index (χ3n) is 3.63. The number of carbonyl (C=O) groups is 2. The number of amides is 1. The standard InChI is InChI=1S/C12H15NO2/c1-11(2)10(15)13(3)8-12(11)6-4-9(14)5-7-12/h4-7H,8H2,1-3H3. The summed E-state index contributed by atoms with van der Waals surface area (Å²) in [6, 6.07) is 0. The van der Waals surface area contributed by atoms with Crippen molar-refractivity contribution < 1.29 is 9.59 Å². The van der Waals surface area contributed by atoms with Gasteiger partial charge in [-0.1, -0.05) is 12.2 Å². The number of hydrogen-bond donors (Lipinski definition) is 0. The van der Waals surface area contributed by atoms with Gasteiger partial charge in [0.15, 0.2) is 5.78 Å². The summed E-state index contributed by atoms with van der Waals surface area (Å²) in [6.45, 7) is 4.52. The molecule has 1 aliphatic heterocycles. The van der Waals surface area contributed by atoms with Gasteiger partial charge in [-0.15, -0.1) is 0 Å². The van der Waals surface area contributed by atoms with E-state index in [-0.39, 0.29) is 17.1 Å². The molecule has 0 unspecified atom stereocenters. The van der Waals surface area contributed by atoms with Crippen molar-refractivity contribution in [2.45, 2.75) is 13.8 Å². The molecule has 3 nitrogen and oxygen atoms in total. The predicted octanol–water partition coefficient (Wildman–Crippen LogP) is 1.17. The molecule has 0 radical (unpaired) electrons. The van der Waals surface area contributed by atoms with Gasteiger partial charge in [0.1, 0.15) is 0 Å². The van der Waals surface area contributed by atoms with Crippen LogP contribution in [0, 0.1) is 10.8 Å². The lowest BCUT2D eigenvalue weighted by molar-refractivity contribution is -0.134. The predicted molar refractivity (Wildman–Crippen MR) is 57.1 cm³/mol. The van der Waals surface area contributed by atoms with Crippen LogP contribution in [0.3, 0.4) is 0 Å². The first-order chi connectivity index (χ1) is 6.89. The van der Waals surface area contributed by atoms with E-state index >= 15 is 0 Å². The number of rotatable bonds is 0. The van der Waals surface area contributed by atoms with E-state index in [0.717, 1.165) is 0 Å². The van der Waals surface area contributed by atoms with Gasteiger partial charge in [0.2, 0.25) is 5.91 Å². The fraction of sp³-hybridized carbons (Fsp3) is 0.500. The molecule has 0 saturated carbocycles. The minimum absolute atomic E-state index is 0.00146. The molecule has 2 aliphatic rings. The zero-order valence-electron chi connectivity index (χ0n) is 9.28. The first-order valence-electron chi connectivity index (χ1n) is 5.07. The number of likely N-dealkylation sites (tertiary alicyclic amines) is 1. The molecule has 0 N–H and O–H groups in total. The Labute approximate surface area is 89.4 Å². The van der Waals surface area contributed by atoms with Crippen LogP contribution in [0.4, 0.5) is 0 Å². The van der Waals surface area contributed by atoms with Gasteiger partial charge in [-0.25, -0.2) is 0 Å². The molecule has 2 rings (SSSR count). The normalized spacial score (nSPS) is 26.7. The largest absolute Gasteiger partial charge is 0.344 e. The van der Waals surface area contributed by atoms with Crippen molar-refractivity contribution in [3.05, 3.63) is 24.3 Å². The minimum atomic E-state index is -0.463. The molecule has 0 aromatic rings. The van der Waals surface area contributed by atoms with Gasteiger partial charge in [-0.2, -0.15) is 0 Å². The molecule has 80 valence electrons. The van der Waals surface area contributed by atoms with Crippen molar-refractivity contribution in [3.63, 3.8) is 0 Å². The summed E-state index contributed by atoms with van der Waals surface area (Å²) >= 11 is 0. The smallest absolute Gasteiger partial charge is 0.229 e. The molecule has 1 amide bonds. The van der Waals surface area contributed by atoms with Crippen LogP contribution in [0.1, 0.15) is 13.8 Å². The maximum Gasteiger partial charge on any atom is 0.229 e. The van der Waals surface area contributed by atoms with Gasteiger partial charge in [0.05, 0.1) is 5.41 Å². The van der Waals surface area contributed by atoms with Crippen molar-refractivity contribution in [1.29, 1.82) is 0 Å². The second-order valence-electron chi connectivity index (χ2n) is 4.90. The topological polar surface area (TPSA) is 37.4 Å². The van der Waals surface area contributed by atoms with Gasteiger partial charge >= 0.3 is 0 Å². The fourth-order valence-electron chi connectivity index (χ4n) is 2.43. The Balaban J connectivity index is 2.47.